The summed E-state index contributed by atoms with van der Waals surface area (Å²) in [7, 11) is 0. The Kier molecular flexibility index (Phi) is 6.11. The number of rotatable bonds is 7. The fourth-order valence-electron chi connectivity index (χ4n) is 3.86. The zero-order valence-electron chi connectivity index (χ0n) is 17.7. The van der Waals surface area contributed by atoms with Gasteiger partial charge in [-0.1, -0.05) is 23.4 Å². The zero-order valence-corrected chi connectivity index (χ0v) is 17.7. The summed E-state index contributed by atoms with van der Waals surface area (Å²) in [5, 5.41) is 14.0. The molecule has 2 N–H and O–H groups in total. The molecule has 4 rings (SSSR count). The van der Waals surface area contributed by atoms with E-state index in [1.54, 1.807) is 4.90 Å². The van der Waals surface area contributed by atoms with Crippen LogP contribution in [-0.4, -0.2) is 43.6 Å². The van der Waals surface area contributed by atoms with Gasteiger partial charge < -0.3 is 14.7 Å². The highest BCUT2D eigenvalue weighted by Gasteiger charge is 2.33. The van der Waals surface area contributed by atoms with Crippen LogP contribution >= 0.6 is 0 Å². The number of hydrogen-bond acceptors (Lipinski definition) is 6. The van der Waals surface area contributed by atoms with Crippen LogP contribution in [0.25, 0.3) is 0 Å². The predicted octanol–water partition coefficient (Wildman–Crippen LogP) is 2.64. The first-order chi connectivity index (χ1) is 15.0. The van der Waals surface area contributed by atoms with E-state index in [-0.39, 0.29) is 24.3 Å². The summed E-state index contributed by atoms with van der Waals surface area (Å²) in [5.74, 6) is 0.779. The van der Waals surface area contributed by atoms with Gasteiger partial charge in [0.2, 0.25) is 11.8 Å². The van der Waals surface area contributed by atoms with Gasteiger partial charge >= 0.3 is 0 Å². The molecule has 0 spiro atoms. The van der Waals surface area contributed by atoms with E-state index in [0.29, 0.717) is 36.8 Å². The summed E-state index contributed by atoms with van der Waals surface area (Å²) in [6.45, 7) is 4.92. The highest BCUT2D eigenvalue weighted by atomic mass is 16.5. The molecule has 0 aliphatic carbocycles. The molecule has 3 heterocycles. The molecule has 1 unspecified atom stereocenters. The first kappa shape index (κ1) is 20.8. The molecule has 3 aromatic rings. The highest BCUT2D eigenvalue weighted by Crippen LogP contribution is 2.31. The molecule has 1 atom stereocenters. The second-order valence-corrected chi connectivity index (χ2v) is 7.76. The molecule has 0 saturated carbocycles. The summed E-state index contributed by atoms with van der Waals surface area (Å²) < 4.78 is 5.36. The number of carbonyl (C=O) groups excluding carboxylic acids is 2. The lowest BCUT2D eigenvalue weighted by Crippen LogP contribution is -2.31. The van der Waals surface area contributed by atoms with Crippen LogP contribution in [0.5, 0.6) is 0 Å². The normalized spacial score (nSPS) is 15.9. The van der Waals surface area contributed by atoms with Gasteiger partial charge in [0, 0.05) is 42.8 Å². The number of carbonyl (C=O) groups is 2. The van der Waals surface area contributed by atoms with E-state index in [2.05, 4.69) is 25.7 Å². The molecule has 9 nitrogen and oxygen atoms in total. The number of aryl methyl sites for hydroxylation is 3. The van der Waals surface area contributed by atoms with Crippen molar-refractivity contribution in [3.63, 3.8) is 0 Å². The third-order valence-electron chi connectivity index (χ3n) is 5.63. The summed E-state index contributed by atoms with van der Waals surface area (Å²) in [6, 6.07) is 9.01. The van der Waals surface area contributed by atoms with Crippen molar-refractivity contribution in [3.8, 4) is 0 Å². The minimum atomic E-state index is -0.203. The number of nitrogens with one attached hydrogen (secondary N) is 2. The van der Waals surface area contributed by atoms with Crippen molar-refractivity contribution in [2.24, 2.45) is 0 Å². The lowest BCUT2D eigenvalue weighted by molar-refractivity contribution is -0.121. The fourth-order valence-corrected chi connectivity index (χ4v) is 3.86. The van der Waals surface area contributed by atoms with Gasteiger partial charge in [-0.3, -0.25) is 14.7 Å². The Balaban J connectivity index is 1.32. The number of likely N-dealkylation sites (tertiary alicyclic amines) is 1. The van der Waals surface area contributed by atoms with Crippen molar-refractivity contribution >= 4 is 11.8 Å². The number of nitrogens with zero attached hydrogens (tertiary/aromatic N) is 4. The van der Waals surface area contributed by atoms with Crippen LogP contribution in [0, 0.1) is 13.8 Å². The van der Waals surface area contributed by atoms with Gasteiger partial charge in [-0.2, -0.15) is 10.1 Å². The van der Waals surface area contributed by atoms with E-state index < -0.39 is 0 Å². The largest absolute Gasteiger partial charge is 0.352 e. The van der Waals surface area contributed by atoms with Crippen LogP contribution < -0.4 is 5.32 Å². The van der Waals surface area contributed by atoms with E-state index in [0.717, 1.165) is 29.8 Å². The quantitative estimate of drug-likeness (QED) is 0.604. The molecule has 2 aromatic heterocycles. The Hall–Kier alpha value is -3.49. The minimum absolute atomic E-state index is 0.0290. The van der Waals surface area contributed by atoms with Crippen LogP contribution in [0.3, 0.4) is 0 Å². The molecule has 0 bridgehead atoms. The van der Waals surface area contributed by atoms with Gasteiger partial charge in [-0.15, -0.1) is 0 Å². The molecule has 2 amide bonds. The smallest absolute Gasteiger partial charge is 0.254 e. The topological polar surface area (TPSA) is 117 Å². The van der Waals surface area contributed by atoms with Crippen LogP contribution in [0.2, 0.25) is 0 Å². The Labute approximate surface area is 180 Å². The second kappa shape index (κ2) is 9.11. The van der Waals surface area contributed by atoms with Gasteiger partial charge in [0.15, 0.2) is 5.82 Å². The first-order valence-corrected chi connectivity index (χ1v) is 10.5. The Morgan fingerprint density at radius 3 is 2.81 bits per heavy atom. The molecule has 1 fully saturated rings. The summed E-state index contributed by atoms with van der Waals surface area (Å²) in [6.07, 6.45) is 2.28. The monoisotopic (exact) mass is 422 g/mol. The highest BCUT2D eigenvalue weighted by molar-refractivity contribution is 5.94. The third-order valence-corrected chi connectivity index (χ3v) is 5.63. The molecule has 0 radical (unpaired) electrons. The van der Waals surface area contributed by atoms with Crippen LogP contribution in [0.15, 0.2) is 34.9 Å². The van der Waals surface area contributed by atoms with E-state index in [1.165, 1.54) is 0 Å². The standard InChI is InChI=1S/C22H26N6O3/c1-14-17(15(2)26-25-14)13-23-19(29)10-11-20-24-21(27-31-20)18-9-6-12-28(18)22(30)16-7-4-3-5-8-16/h3-5,7-8,18H,6,9-13H2,1-2H3,(H,23,29)(H,25,26). The average molecular weight is 422 g/mol. The molecule has 162 valence electrons. The Bertz CT molecular complexity index is 1040. The molecule has 1 aliphatic rings. The lowest BCUT2D eigenvalue weighted by Gasteiger charge is -2.22. The van der Waals surface area contributed by atoms with Crippen molar-refractivity contribution in [1.82, 2.24) is 30.6 Å². The van der Waals surface area contributed by atoms with Gasteiger partial charge in [-0.05, 0) is 38.8 Å². The van der Waals surface area contributed by atoms with Gasteiger partial charge in [0.1, 0.15) is 0 Å². The molecule has 9 heteroatoms. The van der Waals surface area contributed by atoms with Crippen molar-refractivity contribution in [3.05, 3.63) is 64.6 Å². The SMILES string of the molecule is Cc1n[nH]c(C)c1CNC(=O)CCc1nc(C2CCCN2C(=O)c2ccccc2)no1. The second-order valence-electron chi connectivity index (χ2n) is 7.76. The van der Waals surface area contributed by atoms with Gasteiger partial charge in [0.05, 0.1) is 11.7 Å². The third kappa shape index (κ3) is 4.65. The first-order valence-electron chi connectivity index (χ1n) is 10.5. The van der Waals surface area contributed by atoms with Crippen LogP contribution in [0.1, 0.15) is 64.3 Å². The van der Waals surface area contributed by atoms with Gasteiger partial charge in [0.25, 0.3) is 5.91 Å². The van der Waals surface area contributed by atoms with E-state index in [1.807, 2.05) is 44.2 Å². The van der Waals surface area contributed by atoms with Crippen LogP contribution in [0.4, 0.5) is 0 Å². The summed E-state index contributed by atoms with van der Waals surface area (Å²) >= 11 is 0. The Morgan fingerprint density at radius 1 is 1.26 bits per heavy atom. The van der Waals surface area contributed by atoms with E-state index >= 15 is 0 Å². The predicted molar refractivity (Wildman–Crippen MR) is 112 cm³/mol. The molecule has 1 aromatic carbocycles. The number of H-pyrrole nitrogens is 1. The van der Waals surface area contributed by atoms with Crippen molar-refractivity contribution in [2.75, 3.05) is 6.54 Å². The summed E-state index contributed by atoms with van der Waals surface area (Å²) in [4.78, 5) is 31.3. The molecular weight excluding hydrogens is 396 g/mol. The number of aromatic nitrogens is 4. The molecular formula is C22H26N6O3. The Morgan fingerprint density at radius 2 is 2.06 bits per heavy atom. The zero-order chi connectivity index (χ0) is 21.8. The lowest BCUT2D eigenvalue weighted by atomic mass is 10.1. The van der Waals surface area contributed by atoms with Crippen molar-refractivity contribution in [2.45, 2.75) is 52.1 Å². The molecule has 1 aliphatic heterocycles. The van der Waals surface area contributed by atoms with Crippen molar-refractivity contribution < 1.29 is 14.1 Å². The number of amides is 2. The summed E-state index contributed by atoms with van der Waals surface area (Å²) in [5.41, 5.74) is 3.48. The molecule has 1 saturated heterocycles. The molecule has 31 heavy (non-hydrogen) atoms. The fraction of sp³-hybridized carbons (Fsp3) is 0.409. The maximum absolute atomic E-state index is 12.8. The van der Waals surface area contributed by atoms with Crippen LogP contribution in [-0.2, 0) is 17.8 Å². The van der Waals surface area contributed by atoms with Gasteiger partial charge in [-0.25, -0.2) is 0 Å². The van der Waals surface area contributed by atoms with E-state index in [4.69, 9.17) is 4.52 Å². The number of benzene rings is 1. The maximum atomic E-state index is 12.8. The maximum Gasteiger partial charge on any atom is 0.254 e. The number of aromatic amines is 1. The average Bonchev–Trinajstić information content (AvgIpc) is 3.51. The van der Waals surface area contributed by atoms with E-state index in [9.17, 15) is 9.59 Å². The number of hydrogen-bond donors (Lipinski definition) is 2. The minimum Gasteiger partial charge on any atom is -0.352 e. The van der Waals surface area contributed by atoms with Crippen molar-refractivity contribution in [1.29, 1.82) is 0 Å².